The molecule has 2 aromatic carbocycles. The predicted molar refractivity (Wildman–Crippen MR) is 131 cm³/mol. The van der Waals surface area contributed by atoms with Crippen molar-refractivity contribution in [2.75, 3.05) is 13.7 Å². The minimum atomic E-state index is -4.00. The largest absolute Gasteiger partial charge is 0.469 e. The number of halogens is 1. The van der Waals surface area contributed by atoms with Gasteiger partial charge in [-0.25, -0.2) is 8.42 Å². The number of sulfonamides is 1. The van der Waals surface area contributed by atoms with Gasteiger partial charge in [-0.2, -0.15) is 4.31 Å². The number of amides is 1. The predicted octanol–water partition coefficient (Wildman–Crippen LogP) is 3.94. The molecule has 0 saturated carbocycles. The minimum Gasteiger partial charge on any atom is -0.469 e. The Morgan fingerprint density at radius 2 is 1.74 bits per heavy atom. The normalized spacial score (nSPS) is 18.3. The van der Waals surface area contributed by atoms with Crippen molar-refractivity contribution in [3.63, 3.8) is 0 Å². The molecule has 7 nitrogen and oxygen atoms in total. The van der Waals surface area contributed by atoms with E-state index in [1.165, 1.54) is 35.7 Å². The number of rotatable bonds is 8. The van der Waals surface area contributed by atoms with E-state index < -0.39 is 16.1 Å². The van der Waals surface area contributed by atoms with Crippen LogP contribution in [0, 0.1) is 5.41 Å². The molecular formula is C25H31ClN2O5S. The second-order valence-electron chi connectivity index (χ2n) is 9.32. The lowest BCUT2D eigenvalue weighted by Crippen LogP contribution is -2.49. The first-order chi connectivity index (χ1) is 16.0. The molecule has 0 aromatic heterocycles. The zero-order valence-electron chi connectivity index (χ0n) is 19.7. The average Bonchev–Trinajstić information content (AvgIpc) is 2.93. The maximum atomic E-state index is 13.7. The molecule has 34 heavy (non-hydrogen) atoms. The average molecular weight is 507 g/mol. The van der Waals surface area contributed by atoms with Crippen LogP contribution < -0.4 is 5.32 Å². The minimum absolute atomic E-state index is 0.0381. The number of hydrogen-bond acceptors (Lipinski definition) is 5. The summed E-state index contributed by atoms with van der Waals surface area (Å²) in [5.41, 5.74) is 1.47. The lowest BCUT2D eigenvalue weighted by molar-refractivity contribution is -0.140. The van der Waals surface area contributed by atoms with Gasteiger partial charge < -0.3 is 10.1 Å². The van der Waals surface area contributed by atoms with E-state index in [0.29, 0.717) is 24.4 Å². The van der Waals surface area contributed by atoms with Crippen molar-refractivity contribution in [2.45, 2.75) is 57.0 Å². The molecule has 184 valence electrons. The molecule has 1 aliphatic heterocycles. The van der Waals surface area contributed by atoms with Crippen LogP contribution in [0.2, 0.25) is 5.02 Å². The van der Waals surface area contributed by atoms with E-state index in [4.69, 9.17) is 11.6 Å². The van der Waals surface area contributed by atoms with E-state index in [1.807, 2.05) is 38.1 Å². The molecule has 0 aliphatic carbocycles. The first-order valence-electron chi connectivity index (χ1n) is 11.2. The first-order valence-corrected chi connectivity index (χ1v) is 13.0. The third-order valence-electron chi connectivity index (χ3n) is 6.12. The monoisotopic (exact) mass is 506 g/mol. The van der Waals surface area contributed by atoms with Gasteiger partial charge in [-0.05, 0) is 60.1 Å². The highest BCUT2D eigenvalue weighted by molar-refractivity contribution is 7.89. The van der Waals surface area contributed by atoms with Gasteiger partial charge in [-0.15, -0.1) is 0 Å². The van der Waals surface area contributed by atoms with Crippen molar-refractivity contribution in [1.29, 1.82) is 0 Å². The van der Waals surface area contributed by atoms with E-state index in [9.17, 15) is 18.0 Å². The third-order valence-corrected chi connectivity index (χ3v) is 8.25. The van der Waals surface area contributed by atoms with E-state index >= 15 is 0 Å². The van der Waals surface area contributed by atoms with Crippen molar-refractivity contribution in [1.82, 2.24) is 9.62 Å². The fourth-order valence-corrected chi connectivity index (χ4v) is 5.74. The number of nitrogens with zero attached hydrogens (tertiary/aromatic N) is 1. The van der Waals surface area contributed by atoms with Gasteiger partial charge in [0.05, 0.1) is 12.0 Å². The Morgan fingerprint density at radius 1 is 1.12 bits per heavy atom. The summed E-state index contributed by atoms with van der Waals surface area (Å²) in [5.74, 6) is -0.580. The lowest BCUT2D eigenvalue weighted by atomic mass is 9.83. The maximum Gasteiger partial charge on any atom is 0.305 e. The van der Waals surface area contributed by atoms with Gasteiger partial charge in [0.2, 0.25) is 15.9 Å². The Hall–Kier alpha value is -2.42. The maximum absolute atomic E-state index is 13.7. The highest BCUT2D eigenvalue weighted by Gasteiger charge is 2.40. The van der Waals surface area contributed by atoms with Crippen LogP contribution in [0.5, 0.6) is 0 Å². The molecule has 1 aliphatic rings. The Morgan fingerprint density at radius 3 is 2.35 bits per heavy atom. The fourth-order valence-electron chi connectivity index (χ4n) is 4.04. The molecule has 1 heterocycles. The molecule has 1 N–H and O–H groups in total. The van der Waals surface area contributed by atoms with Crippen molar-refractivity contribution in [3.05, 3.63) is 64.7 Å². The van der Waals surface area contributed by atoms with Gasteiger partial charge in [0, 0.05) is 24.5 Å². The molecule has 1 fully saturated rings. The van der Waals surface area contributed by atoms with E-state index in [-0.39, 0.29) is 35.2 Å². The molecule has 2 aromatic rings. The van der Waals surface area contributed by atoms with Gasteiger partial charge in [0.15, 0.2) is 0 Å². The van der Waals surface area contributed by atoms with Crippen LogP contribution >= 0.6 is 11.6 Å². The molecule has 1 saturated heterocycles. The molecule has 1 atom stereocenters. The molecule has 1 unspecified atom stereocenters. The van der Waals surface area contributed by atoms with Crippen molar-refractivity contribution < 1.29 is 22.7 Å². The van der Waals surface area contributed by atoms with Gasteiger partial charge in [0.25, 0.3) is 0 Å². The molecular weight excluding hydrogens is 476 g/mol. The smallest absolute Gasteiger partial charge is 0.305 e. The number of hydrogen-bond donors (Lipinski definition) is 1. The summed E-state index contributed by atoms with van der Waals surface area (Å²) < 4.78 is 33.5. The van der Waals surface area contributed by atoms with Crippen LogP contribution in [0.1, 0.15) is 44.2 Å². The lowest BCUT2D eigenvalue weighted by Gasteiger charge is -2.33. The van der Waals surface area contributed by atoms with Gasteiger partial charge >= 0.3 is 5.97 Å². The Labute approximate surface area is 206 Å². The second kappa shape index (κ2) is 10.9. The van der Waals surface area contributed by atoms with Gasteiger partial charge in [-0.1, -0.05) is 49.7 Å². The molecule has 0 radical (unpaired) electrons. The number of nitrogens with one attached hydrogen (secondary N) is 1. The van der Waals surface area contributed by atoms with Crippen LogP contribution in [0.25, 0.3) is 0 Å². The summed E-state index contributed by atoms with van der Waals surface area (Å²) in [6, 6.07) is 12.5. The highest BCUT2D eigenvalue weighted by atomic mass is 35.5. The molecule has 3 rings (SSSR count). The number of carbonyl (C=O) groups is 2. The van der Waals surface area contributed by atoms with Crippen LogP contribution in [-0.4, -0.2) is 44.3 Å². The molecule has 0 spiro atoms. The van der Waals surface area contributed by atoms with Crippen molar-refractivity contribution in [3.8, 4) is 0 Å². The molecule has 1 amide bonds. The zero-order valence-corrected chi connectivity index (χ0v) is 21.3. The summed E-state index contributed by atoms with van der Waals surface area (Å²) in [4.78, 5) is 24.5. The summed E-state index contributed by atoms with van der Waals surface area (Å²) in [6.07, 6.45) is 1.96. The quantitative estimate of drug-likeness (QED) is 0.547. The number of aryl methyl sites for hydroxylation is 1. The molecule has 0 bridgehead atoms. The third kappa shape index (κ3) is 6.58. The van der Waals surface area contributed by atoms with E-state index in [0.717, 1.165) is 17.5 Å². The van der Waals surface area contributed by atoms with Gasteiger partial charge in [-0.3, -0.25) is 9.59 Å². The fraction of sp³-hybridized carbons (Fsp3) is 0.440. The van der Waals surface area contributed by atoms with E-state index in [2.05, 4.69) is 10.1 Å². The van der Waals surface area contributed by atoms with Crippen molar-refractivity contribution in [2.24, 2.45) is 5.41 Å². The highest BCUT2D eigenvalue weighted by Crippen LogP contribution is 2.33. The van der Waals surface area contributed by atoms with Crippen molar-refractivity contribution >= 4 is 33.5 Å². The number of ether oxygens (including phenoxy) is 1. The number of carbonyl (C=O) groups excluding carboxylic acids is 2. The van der Waals surface area contributed by atoms with Crippen LogP contribution in [0.15, 0.2) is 53.4 Å². The number of benzene rings is 2. The van der Waals surface area contributed by atoms with Crippen LogP contribution in [0.3, 0.4) is 0 Å². The summed E-state index contributed by atoms with van der Waals surface area (Å²) in [6.45, 7) is 4.63. The SMILES string of the molecule is COC(=O)CCc1ccc(CN(C2CC(C)(C)CCNC2=O)S(=O)(=O)c2ccc(Cl)cc2)cc1. The van der Waals surface area contributed by atoms with Crippen LogP contribution in [-0.2, 0) is 37.3 Å². The first kappa shape index (κ1) is 26.2. The summed E-state index contributed by atoms with van der Waals surface area (Å²) in [7, 11) is -2.64. The summed E-state index contributed by atoms with van der Waals surface area (Å²) in [5, 5.41) is 3.31. The Bertz CT molecular complexity index is 1110. The standard InChI is InChI=1S/C25H31ClN2O5S/c1-25(2)14-15-27-24(30)22(16-25)28(34(31,32)21-11-9-20(26)10-12-21)17-19-6-4-18(5-7-19)8-13-23(29)33-3/h4-7,9-12,22H,8,13-17H2,1-3H3,(H,27,30). The topological polar surface area (TPSA) is 92.8 Å². The summed E-state index contributed by atoms with van der Waals surface area (Å²) >= 11 is 5.97. The zero-order chi connectivity index (χ0) is 24.9. The van der Waals surface area contributed by atoms with E-state index in [1.54, 1.807) is 0 Å². The number of methoxy groups -OCH3 is 1. The van der Waals surface area contributed by atoms with Crippen LogP contribution in [0.4, 0.5) is 0 Å². The Balaban J connectivity index is 1.94. The molecule has 9 heteroatoms. The Kier molecular flexibility index (Phi) is 8.38. The second-order valence-corrected chi connectivity index (χ2v) is 11.6. The van der Waals surface area contributed by atoms with Gasteiger partial charge in [0.1, 0.15) is 6.04 Å². The number of esters is 1.